The first-order valence-corrected chi connectivity index (χ1v) is 6.95. The summed E-state index contributed by atoms with van der Waals surface area (Å²) in [5.41, 5.74) is 2.37. The van der Waals surface area contributed by atoms with E-state index in [9.17, 15) is 4.79 Å². The fraction of sp³-hybridized carbons (Fsp3) is 0.462. The highest BCUT2D eigenvalue weighted by Gasteiger charge is 2.23. The molecule has 1 amide bonds. The third-order valence-electron chi connectivity index (χ3n) is 2.95. The molecule has 0 aromatic heterocycles. The molecule has 0 atom stereocenters. The van der Waals surface area contributed by atoms with Crippen molar-refractivity contribution in [3.05, 3.63) is 23.8 Å². The topological polar surface area (TPSA) is 32.3 Å². The zero-order valence-corrected chi connectivity index (χ0v) is 11.1. The smallest absolute Gasteiger partial charge is 0.237 e. The first-order valence-electron chi connectivity index (χ1n) is 5.97. The molecule has 0 fully saturated rings. The predicted molar refractivity (Wildman–Crippen MR) is 72.8 cm³/mol. The summed E-state index contributed by atoms with van der Waals surface area (Å²) in [5.74, 6) is 0.784. The maximum Gasteiger partial charge on any atom is 0.237 e. The first kappa shape index (κ1) is 12.5. The molecule has 1 heterocycles. The summed E-state index contributed by atoms with van der Waals surface area (Å²) in [7, 11) is 1.95. The summed E-state index contributed by atoms with van der Waals surface area (Å²) < 4.78 is 0. The van der Waals surface area contributed by atoms with Crippen LogP contribution >= 0.6 is 11.8 Å². The molecule has 0 unspecified atom stereocenters. The summed E-state index contributed by atoms with van der Waals surface area (Å²) >= 11 is 1.64. The molecule has 0 spiro atoms. The van der Waals surface area contributed by atoms with E-state index in [0.717, 1.165) is 25.2 Å². The van der Waals surface area contributed by atoms with Crippen molar-refractivity contribution >= 4 is 23.4 Å². The number of hydrogen-bond donors (Lipinski definition) is 1. The first-order chi connectivity index (χ1) is 8.26. The standard InChI is InChI=1S/C13H18N2OS/c1-3-15-11-8-10(6-7-14-2)4-5-12(11)17-9-13(15)16/h4-5,8,14H,3,6-7,9H2,1-2H3. The predicted octanol–water partition coefficient (Wildman–Crippen LogP) is 1.91. The lowest BCUT2D eigenvalue weighted by atomic mass is 10.1. The zero-order valence-electron chi connectivity index (χ0n) is 10.3. The molecule has 0 saturated carbocycles. The van der Waals surface area contributed by atoms with E-state index in [1.807, 2.05) is 18.9 Å². The molecule has 2 rings (SSSR count). The molecule has 0 aliphatic carbocycles. The van der Waals surface area contributed by atoms with Crippen LogP contribution in [0.5, 0.6) is 0 Å². The van der Waals surface area contributed by atoms with E-state index >= 15 is 0 Å². The Morgan fingerprint density at radius 2 is 2.29 bits per heavy atom. The molecule has 0 saturated heterocycles. The minimum Gasteiger partial charge on any atom is -0.319 e. The van der Waals surface area contributed by atoms with Crippen molar-refractivity contribution in [2.45, 2.75) is 18.2 Å². The molecular formula is C13H18N2OS. The average molecular weight is 250 g/mol. The summed E-state index contributed by atoms with van der Waals surface area (Å²) in [4.78, 5) is 14.9. The van der Waals surface area contributed by atoms with Gasteiger partial charge in [0.15, 0.2) is 0 Å². The monoisotopic (exact) mass is 250 g/mol. The van der Waals surface area contributed by atoms with E-state index in [-0.39, 0.29) is 5.91 Å². The third-order valence-corrected chi connectivity index (χ3v) is 3.99. The highest BCUT2D eigenvalue weighted by atomic mass is 32.2. The van der Waals surface area contributed by atoms with Crippen LogP contribution in [0, 0.1) is 0 Å². The van der Waals surface area contributed by atoms with Crippen LogP contribution < -0.4 is 10.2 Å². The highest BCUT2D eigenvalue weighted by Crippen LogP contribution is 2.35. The Morgan fingerprint density at radius 3 is 3.00 bits per heavy atom. The summed E-state index contributed by atoms with van der Waals surface area (Å²) in [5, 5.41) is 3.14. The number of nitrogens with one attached hydrogen (secondary N) is 1. The molecule has 92 valence electrons. The number of anilines is 1. The highest BCUT2D eigenvalue weighted by molar-refractivity contribution is 8.00. The van der Waals surface area contributed by atoms with Gasteiger partial charge < -0.3 is 10.2 Å². The lowest BCUT2D eigenvalue weighted by Gasteiger charge is -2.28. The Hall–Kier alpha value is -1.00. The van der Waals surface area contributed by atoms with Crippen LogP contribution in [0.4, 0.5) is 5.69 Å². The van der Waals surface area contributed by atoms with Gasteiger partial charge >= 0.3 is 0 Å². The van der Waals surface area contributed by atoms with Gasteiger partial charge in [0, 0.05) is 11.4 Å². The van der Waals surface area contributed by atoms with Gasteiger partial charge in [0.25, 0.3) is 0 Å². The maximum atomic E-state index is 11.8. The second kappa shape index (κ2) is 5.56. The van der Waals surface area contributed by atoms with Crippen LogP contribution in [0.15, 0.2) is 23.1 Å². The second-order valence-corrected chi connectivity index (χ2v) is 5.10. The number of hydrogen-bond acceptors (Lipinski definition) is 3. The third kappa shape index (κ3) is 2.64. The lowest BCUT2D eigenvalue weighted by Crippen LogP contribution is -2.35. The number of nitrogens with zero attached hydrogens (tertiary/aromatic N) is 1. The van der Waals surface area contributed by atoms with E-state index in [0.29, 0.717) is 5.75 Å². The molecule has 1 aliphatic rings. The van der Waals surface area contributed by atoms with Gasteiger partial charge in [0.05, 0.1) is 11.4 Å². The summed E-state index contributed by atoms with van der Waals surface area (Å²) in [6.07, 6.45) is 1.00. The number of thioether (sulfide) groups is 1. The number of carbonyl (C=O) groups is 1. The number of amides is 1. The maximum absolute atomic E-state index is 11.8. The van der Waals surface area contributed by atoms with Gasteiger partial charge in [0.2, 0.25) is 5.91 Å². The van der Waals surface area contributed by atoms with Gasteiger partial charge in [0.1, 0.15) is 0 Å². The van der Waals surface area contributed by atoms with Crippen LogP contribution in [-0.4, -0.2) is 31.8 Å². The fourth-order valence-electron chi connectivity index (χ4n) is 2.02. The van der Waals surface area contributed by atoms with Gasteiger partial charge in [-0.25, -0.2) is 0 Å². The van der Waals surface area contributed by atoms with E-state index in [2.05, 4.69) is 23.5 Å². The molecule has 17 heavy (non-hydrogen) atoms. The van der Waals surface area contributed by atoms with Gasteiger partial charge in [-0.1, -0.05) is 6.07 Å². The molecule has 1 N–H and O–H groups in total. The Bertz CT molecular complexity index is 420. The van der Waals surface area contributed by atoms with Crippen LogP contribution in [0.2, 0.25) is 0 Å². The minimum absolute atomic E-state index is 0.218. The van der Waals surface area contributed by atoms with E-state index in [1.54, 1.807) is 11.8 Å². The molecule has 3 nitrogen and oxygen atoms in total. The fourth-order valence-corrected chi connectivity index (χ4v) is 2.94. The Balaban J connectivity index is 2.28. The van der Waals surface area contributed by atoms with Crippen LogP contribution in [0.25, 0.3) is 0 Å². The molecular weight excluding hydrogens is 232 g/mol. The van der Waals surface area contributed by atoms with Crippen LogP contribution in [0.1, 0.15) is 12.5 Å². The van der Waals surface area contributed by atoms with Gasteiger partial charge in [-0.3, -0.25) is 4.79 Å². The second-order valence-electron chi connectivity index (χ2n) is 4.08. The van der Waals surface area contributed by atoms with E-state index in [1.165, 1.54) is 10.5 Å². The van der Waals surface area contributed by atoms with Crippen molar-refractivity contribution in [1.82, 2.24) is 5.32 Å². The minimum atomic E-state index is 0.218. The molecule has 0 radical (unpaired) electrons. The molecule has 1 aromatic rings. The zero-order chi connectivity index (χ0) is 12.3. The van der Waals surface area contributed by atoms with Crippen molar-refractivity contribution in [1.29, 1.82) is 0 Å². The Morgan fingerprint density at radius 1 is 1.47 bits per heavy atom. The van der Waals surface area contributed by atoms with Crippen LogP contribution in [-0.2, 0) is 11.2 Å². The van der Waals surface area contributed by atoms with E-state index < -0.39 is 0 Å². The summed E-state index contributed by atoms with van der Waals surface area (Å²) in [6, 6.07) is 6.45. The van der Waals surface area contributed by atoms with Crippen molar-refractivity contribution in [3.63, 3.8) is 0 Å². The number of fused-ring (bicyclic) bond motifs is 1. The number of carbonyl (C=O) groups excluding carboxylic acids is 1. The number of likely N-dealkylation sites (N-methyl/N-ethyl adjacent to an activating group) is 1. The van der Waals surface area contributed by atoms with Crippen molar-refractivity contribution in [2.24, 2.45) is 0 Å². The molecule has 4 heteroatoms. The van der Waals surface area contributed by atoms with Crippen LogP contribution in [0.3, 0.4) is 0 Å². The molecule has 1 aromatic carbocycles. The SMILES string of the molecule is CCN1C(=O)CSc2ccc(CCNC)cc21. The Labute approximate surface area is 107 Å². The average Bonchev–Trinajstić information content (AvgIpc) is 2.36. The Kier molecular flexibility index (Phi) is 4.07. The van der Waals surface area contributed by atoms with Gasteiger partial charge in [-0.2, -0.15) is 0 Å². The van der Waals surface area contributed by atoms with Crippen molar-refractivity contribution in [2.75, 3.05) is 30.8 Å². The quantitative estimate of drug-likeness (QED) is 0.886. The molecule has 0 bridgehead atoms. The van der Waals surface area contributed by atoms with Gasteiger partial charge in [-0.05, 0) is 44.6 Å². The normalized spacial score (nSPS) is 14.9. The van der Waals surface area contributed by atoms with Crippen molar-refractivity contribution < 1.29 is 4.79 Å². The van der Waals surface area contributed by atoms with E-state index in [4.69, 9.17) is 0 Å². The van der Waals surface area contributed by atoms with Crippen molar-refractivity contribution in [3.8, 4) is 0 Å². The van der Waals surface area contributed by atoms with Gasteiger partial charge in [-0.15, -0.1) is 11.8 Å². The summed E-state index contributed by atoms with van der Waals surface area (Å²) in [6.45, 7) is 3.74. The molecule has 1 aliphatic heterocycles. The number of rotatable bonds is 4. The lowest BCUT2D eigenvalue weighted by molar-refractivity contribution is -0.116. The largest absolute Gasteiger partial charge is 0.319 e. The number of benzene rings is 1.